The zero-order valence-electron chi connectivity index (χ0n) is 16.3. The minimum Gasteiger partial charge on any atom is -0.382 e. The number of rotatable bonds is 5. The van der Waals surface area contributed by atoms with E-state index in [1.165, 1.54) is 34.6 Å². The second-order valence-electron chi connectivity index (χ2n) is 7.00. The van der Waals surface area contributed by atoms with Crippen molar-refractivity contribution in [2.45, 2.75) is 17.4 Å². The van der Waals surface area contributed by atoms with Crippen LogP contribution in [0.2, 0.25) is 5.02 Å². The van der Waals surface area contributed by atoms with Gasteiger partial charge in [-0.2, -0.15) is 4.31 Å². The monoisotopic (exact) mass is 467 g/mol. The molecule has 2 aromatic carbocycles. The highest BCUT2D eigenvalue weighted by Crippen LogP contribution is 2.29. The molecule has 4 rings (SSSR count). The Kier molecular flexibility index (Phi) is 6.24. The molecule has 1 saturated heterocycles. The molecule has 1 N–H and O–H groups in total. The fourth-order valence-electron chi connectivity index (χ4n) is 3.28. The van der Waals surface area contributed by atoms with E-state index in [-0.39, 0.29) is 35.1 Å². The van der Waals surface area contributed by atoms with Crippen molar-refractivity contribution in [3.8, 4) is 0 Å². The van der Waals surface area contributed by atoms with E-state index in [1.807, 2.05) is 0 Å². The molecule has 2 aromatic rings. The minimum atomic E-state index is -3.84. The molecule has 31 heavy (non-hydrogen) atoms. The number of amides is 1. The summed E-state index contributed by atoms with van der Waals surface area (Å²) >= 11 is 6.14. The third-order valence-corrected chi connectivity index (χ3v) is 7.29. The summed E-state index contributed by atoms with van der Waals surface area (Å²) < 4.78 is 45.8. The van der Waals surface area contributed by atoms with E-state index in [2.05, 4.69) is 10.5 Å². The van der Waals surface area contributed by atoms with Gasteiger partial charge in [0.1, 0.15) is 10.7 Å². The summed E-state index contributed by atoms with van der Waals surface area (Å²) in [7, 11) is -3.84. The SMILES string of the molecule is O=C(Nc1ccc(Cl)c(S(=O)(=O)N2CCOCC2)c1)C1CC(c2cccc(F)c2)=NO1. The van der Waals surface area contributed by atoms with E-state index in [0.29, 0.717) is 24.5 Å². The van der Waals surface area contributed by atoms with E-state index in [4.69, 9.17) is 21.2 Å². The number of nitrogens with zero attached hydrogens (tertiary/aromatic N) is 2. The Bertz CT molecular complexity index is 1140. The average molecular weight is 468 g/mol. The normalized spacial score (nSPS) is 19.5. The fourth-order valence-corrected chi connectivity index (χ4v) is 5.19. The second kappa shape index (κ2) is 8.91. The van der Waals surface area contributed by atoms with E-state index in [9.17, 15) is 17.6 Å². The first kappa shape index (κ1) is 21.7. The largest absolute Gasteiger partial charge is 0.382 e. The Morgan fingerprint density at radius 3 is 2.71 bits per heavy atom. The van der Waals surface area contributed by atoms with Crippen molar-refractivity contribution in [3.63, 3.8) is 0 Å². The number of hydrogen-bond donors (Lipinski definition) is 1. The van der Waals surface area contributed by atoms with Crippen LogP contribution >= 0.6 is 11.6 Å². The molecule has 164 valence electrons. The van der Waals surface area contributed by atoms with Crippen LogP contribution in [-0.4, -0.2) is 56.7 Å². The lowest BCUT2D eigenvalue weighted by atomic mass is 10.0. The summed E-state index contributed by atoms with van der Waals surface area (Å²) in [5, 5.41) is 6.56. The highest BCUT2D eigenvalue weighted by atomic mass is 35.5. The number of halogens is 2. The van der Waals surface area contributed by atoms with Gasteiger partial charge in [-0.1, -0.05) is 28.9 Å². The molecule has 1 fully saturated rings. The summed E-state index contributed by atoms with van der Waals surface area (Å²) in [4.78, 5) is 17.7. The van der Waals surface area contributed by atoms with E-state index < -0.39 is 27.9 Å². The summed E-state index contributed by atoms with van der Waals surface area (Å²) in [6, 6.07) is 10.1. The van der Waals surface area contributed by atoms with Crippen molar-refractivity contribution >= 4 is 38.9 Å². The maximum absolute atomic E-state index is 13.4. The topological polar surface area (TPSA) is 97.3 Å². The molecule has 0 radical (unpaired) electrons. The quantitative estimate of drug-likeness (QED) is 0.729. The lowest BCUT2D eigenvalue weighted by Gasteiger charge is -2.26. The van der Waals surface area contributed by atoms with Gasteiger partial charge in [-0.25, -0.2) is 12.8 Å². The van der Waals surface area contributed by atoms with Gasteiger partial charge in [0, 0.05) is 30.8 Å². The number of carbonyl (C=O) groups excluding carboxylic acids is 1. The third-order valence-electron chi connectivity index (χ3n) is 4.91. The maximum Gasteiger partial charge on any atom is 0.268 e. The van der Waals surface area contributed by atoms with Gasteiger partial charge in [0.2, 0.25) is 16.1 Å². The van der Waals surface area contributed by atoms with Crippen LogP contribution in [0, 0.1) is 5.82 Å². The van der Waals surface area contributed by atoms with Gasteiger partial charge >= 0.3 is 0 Å². The standard InChI is InChI=1S/C20H19ClFN3O5S/c21-16-5-4-15(11-19(16)31(27,28)25-6-8-29-9-7-25)23-20(26)18-12-17(24-30-18)13-2-1-3-14(22)10-13/h1-5,10-11,18H,6-9,12H2,(H,23,26). The van der Waals surface area contributed by atoms with Crippen molar-refractivity contribution in [1.29, 1.82) is 0 Å². The lowest BCUT2D eigenvalue weighted by molar-refractivity contribution is -0.125. The van der Waals surface area contributed by atoms with Crippen molar-refractivity contribution in [2.24, 2.45) is 5.16 Å². The molecule has 8 nitrogen and oxygen atoms in total. The van der Waals surface area contributed by atoms with E-state index in [1.54, 1.807) is 12.1 Å². The Balaban J connectivity index is 1.46. The number of benzene rings is 2. The lowest BCUT2D eigenvalue weighted by Crippen LogP contribution is -2.40. The number of nitrogens with one attached hydrogen (secondary N) is 1. The molecule has 0 aliphatic carbocycles. The summed E-state index contributed by atoms with van der Waals surface area (Å²) in [5.74, 6) is -0.921. The molecule has 0 spiro atoms. The summed E-state index contributed by atoms with van der Waals surface area (Å²) in [6.07, 6.45) is -0.768. The first-order chi connectivity index (χ1) is 14.8. The molecular formula is C20H19ClFN3O5S. The van der Waals surface area contributed by atoms with Gasteiger partial charge in [0.05, 0.1) is 23.9 Å². The van der Waals surface area contributed by atoms with Gasteiger partial charge in [0.25, 0.3) is 5.91 Å². The molecule has 2 aliphatic heterocycles. The number of sulfonamides is 1. The molecule has 2 aliphatic rings. The Morgan fingerprint density at radius 1 is 1.19 bits per heavy atom. The smallest absolute Gasteiger partial charge is 0.268 e. The second-order valence-corrected chi connectivity index (χ2v) is 9.31. The number of oxime groups is 1. The highest BCUT2D eigenvalue weighted by Gasteiger charge is 2.31. The van der Waals surface area contributed by atoms with Crippen LogP contribution in [0.5, 0.6) is 0 Å². The number of ether oxygens (including phenoxy) is 1. The molecule has 1 unspecified atom stereocenters. The van der Waals surface area contributed by atoms with Crippen molar-refractivity contribution < 1.29 is 27.2 Å². The molecular weight excluding hydrogens is 449 g/mol. The number of morpholine rings is 1. The van der Waals surface area contributed by atoms with Gasteiger partial charge in [-0.3, -0.25) is 4.79 Å². The predicted octanol–water partition coefficient (Wildman–Crippen LogP) is 2.63. The van der Waals surface area contributed by atoms with Crippen LogP contribution in [0.4, 0.5) is 10.1 Å². The molecule has 1 amide bonds. The zero-order chi connectivity index (χ0) is 22.0. The van der Waals surface area contributed by atoms with Gasteiger partial charge in [0.15, 0.2) is 0 Å². The highest BCUT2D eigenvalue weighted by molar-refractivity contribution is 7.89. The minimum absolute atomic E-state index is 0.0540. The summed E-state index contributed by atoms with van der Waals surface area (Å²) in [5.41, 5.74) is 1.23. The number of anilines is 1. The third kappa shape index (κ3) is 4.72. The van der Waals surface area contributed by atoms with Crippen molar-refractivity contribution in [2.75, 3.05) is 31.6 Å². The molecule has 0 aromatic heterocycles. The van der Waals surface area contributed by atoms with Crippen LogP contribution in [0.25, 0.3) is 0 Å². The molecule has 1 atom stereocenters. The molecule has 2 heterocycles. The van der Waals surface area contributed by atoms with Crippen LogP contribution in [0.3, 0.4) is 0 Å². The number of carbonyl (C=O) groups is 1. The first-order valence-corrected chi connectivity index (χ1v) is 11.3. The van der Waals surface area contributed by atoms with Gasteiger partial charge < -0.3 is 14.9 Å². The summed E-state index contributed by atoms with van der Waals surface area (Å²) in [6.45, 7) is 1.07. The Morgan fingerprint density at radius 2 is 1.97 bits per heavy atom. The van der Waals surface area contributed by atoms with E-state index in [0.717, 1.165) is 0 Å². The van der Waals surface area contributed by atoms with Crippen LogP contribution < -0.4 is 5.32 Å². The average Bonchev–Trinajstić information content (AvgIpc) is 3.26. The number of hydrogen-bond acceptors (Lipinski definition) is 6. The van der Waals surface area contributed by atoms with E-state index >= 15 is 0 Å². The Labute approximate surface area is 183 Å². The van der Waals surface area contributed by atoms with Gasteiger partial charge in [-0.15, -0.1) is 0 Å². The van der Waals surface area contributed by atoms with Crippen LogP contribution in [0.1, 0.15) is 12.0 Å². The van der Waals surface area contributed by atoms with Crippen LogP contribution in [0.15, 0.2) is 52.5 Å². The first-order valence-electron chi connectivity index (χ1n) is 9.51. The zero-order valence-corrected chi connectivity index (χ0v) is 17.8. The van der Waals surface area contributed by atoms with Crippen molar-refractivity contribution in [1.82, 2.24) is 4.31 Å². The van der Waals surface area contributed by atoms with Crippen LogP contribution in [-0.2, 0) is 24.4 Å². The molecule has 0 saturated carbocycles. The van der Waals surface area contributed by atoms with Gasteiger partial charge in [-0.05, 0) is 30.3 Å². The molecule has 0 bridgehead atoms. The fraction of sp³-hybridized carbons (Fsp3) is 0.300. The molecule has 11 heteroatoms. The Hall–Kier alpha value is -2.53. The maximum atomic E-state index is 13.4. The van der Waals surface area contributed by atoms with Crippen molar-refractivity contribution in [3.05, 3.63) is 58.9 Å². The predicted molar refractivity (Wildman–Crippen MR) is 112 cm³/mol.